The van der Waals surface area contributed by atoms with E-state index in [2.05, 4.69) is 0 Å². The van der Waals surface area contributed by atoms with Crippen molar-refractivity contribution in [2.45, 2.75) is 89.6 Å². The number of carboxylic acid groups (broad SMARTS) is 1. The van der Waals surface area contributed by atoms with Crippen molar-refractivity contribution in [1.29, 1.82) is 0 Å². The van der Waals surface area contributed by atoms with Crippen LogP contribution in [0.4, 0.5) is 0 Å². The van der Waals surface area contributed by atoms with Gasteiger partial charge in [0, 0.05) is 11.5 Å². The molecular formula is C19H38N2O2. The third kappa shape index (κ3) is 5.75. The van der Waals surface area contributed by atoms with E-state index in [0.717, 1.165) is 25.7 Å². The summed E-state index contributed by atoms with van der Waals surface area (Å²) in [5.41, 5.74) is 6.05. The van der Waals surface area contributed by atoms with Gasteiger partial charge in [-0.15, -0.1) is 0 Å². The molecule has 1 fully saturated rings. The minimum absolute atomic E-state index is 0.134. The summed E-state index contributed by atoms with van der Waals surface area (Å²) in [6.45, 7) is 2.00. The molecule has 0 aliphatic heterocycles. The molecule has 0 saturated heterocycles. The average Bonchev–Trinajstić information content (AvgIpc) is 2.39. The summed E-state index contributed by atoms with van der Waals surface area (Å²) in [4.78, 5) is 12.0. The Balaban J connectivity index is 3.08. The number of quaternary nitrogens is 1. The van der Waals surface area contributed by atoms with Crippen LogP contribution in [0.25, 0.3) is 0 Å². The van der Waals surface area contributed by atoms with Crippen LogP contribution >= 0.6 is 0 Å². The molecular weight excluding hydrogens is 288 g/mol. The van der Waals surface area contributed by atoms with Crippen molar-refractivity contribution >= 4 is 5.97 Å². The lowest BCUT2D eigenvalue weighted by Gasteiger charge is -2.50. The van der Waals surface area contributed by atoms with Crippen LogP contribution in [0.1, 0.15) is 77.6 Å². The molecule has 1 saturated carbocycles. The van der Waals surface area contributed by atoms with E-state index in [1.807, 2.05) is 28.1 Å². The molecule has 0 heterocycles. The topological polar surface area (TPSA) is 66.2 Å². The van der Waals surface area contributed by atoms with Gasteiger partial charge in [0.1, 0.15) is 6.04 Å². The fourth-order valence-corrected chi connectivity index (χ4v) is 4.57. The zero-order chi connectivity index (χ0) is 17.5. The summed E-state index contributed by atoms with van der Waals surface area (Å²) in [6.07, 6.45) is 12.8. The van der Waals surface area contributed by atoms with Gasteiger partial charge in [0.15, 0.2) is 0 Å². The third-order valence-electron chi connectivity index (χ3n) is 5.73. The van der Waals surface area contributed by atoms with Crippen molar-refractivity contribution in [3.8, 4) is 0 Å². The van der Waals surface area contributed by atoms with Gasteiger partial charge in [-0.25, -0.2) is 0 Å². The SMILES string of the molecule is CC(N)C1(C(C(=O)[O-])[N+](C)(C)C)CCCCCCCCCCC1. The van der Waals surface area contributed by atoms with Crippen molar-refractivity contribution in [1.82, 2.24) is 0 Å². The van der Waals surface area contributed by atoms with Crippen molar-refractivity contribution in [3.05, 3.63) is 0 Å². The number of carboxylic acids is 1. The number of hydrogen-bond acceptors (Lipinski definition) is 3. The first-order valence-electron chi connectivity index (χ1n) is 9.49. The lowest BCUT2D eigenvalue weighted by Crippen LogP contribution is -2.66. The van der Waals surface area contributed by atoms with Crippen LogP contribution in [0, 0.1) is 5.41 Å². The summed E-state index contributed by atoms with van der Waals surface area (Å²) >= 11 is 0. The van der Waals surface area contributed by atoms with E-state index in [1.165, 1.54) is 44.9 Å². The van der Waals surface area contributed by atoms with E-state index >= 15 is 0 Å². The van der Waals surface area contributed by atoms with Crippen LogP contribution in [0.15, 0.2) is 0 Å². The second kappa shape index (κ2) is 9.03. The van der Waals surface area contributed by atoms with E-state index < -0.39 is 12.0 Å². The molecule has 136 valence electrons. The van der Waals surface area contributed by atoms with Crippen LogP contribution in [0.5, 0.6) is 0 Å². The standard InChI is InChI=1S/C19H38N2O2/c1-16(20)19(17(18(22)23)21(2,3)4)14-12-10-8-6-5-7-9-11-13-15-19/h16-17H,5-15,20H2,1-4H3. The van der Waals surface area contributed by atoms with Crippen LogP contribution in [0.3, 0.4) is 0 Å². The van der Waals surface area contributed by atoms with Crippen LogP contribution in [-0.4, -0.2) is 43.7 Å². The second-order valence-corrected chi connectivity index (χ2v) is 8.54. The molecule has 1 aliphatic carbocycles. The first-order chi connectivity index (χ1) is 10.7. The molecule has 2 atom stereocenters. The van der Waals surface area contributed by atoms with Crippen LogP contribution in [-0.2, 0) is 4.79 Å². The molecule has 4 heteroatoms. The highest BCUT2D eigenvalue weighted by atomic mass is 16.4. The van der Waals surface area contributed by atoms with E-state index in [0.29, 0.717) is 4.48 Å². The minimum Gasteiger partial charge on any atom is -0.544 e. The Morgan fingerprint density at radius 1 is 0.913 bits per heavy atom. The van der Waals surface area contributed by atoms with Gasteiger partial charge in [0.25, 0.3) is 0 Å². The van der Waals surface area contributed by atoms with Gasteiger partial charge in [-0.3, -0.25) is 0 Å². The monoisotopic (exact) mass is 326 g/mol. The molecule has 2 N–H and O–H groups in total. The first kappa shape index (κ1) is 20.4. The van der Waals surface area contributed by atoms with Gasteiger partial charge >= 0.3 is 0 Å². The maximum Gasteiger partial charge on any atom is 0.136 e. The number of hydrogen-bond donors (Lipinski definition) is 1. The number of nitrogens with zero attached hydrogens (tertiary/aromatic N) is 1. The highest BCUT2D eigenvalue weighted by Gasteiger charge is 2.49. The zero-order valence-corrected chi connectivity index (χ0v) is 15.8. The normalized spacial score (nSPS) is 24.0. The zero-order valence-electron chi connectivity index (χ0n) is 15.8. The number of aliphatic carboxylic acids is 1. The van der Waals surface area contributed by atoms with Gasteiger partial charge < -0.3 is 20.1 Å². The highest BCUT2D eigenvalue weighted by molar-refractivity contribution is 5.71. The van der Waals surface area contributed by atoms with Crippen molar-refractivity contribution in [3.63, 3.8) is 0 Å². The Morgan fingerprint density at radius 2 is 1.26 bits per heavy atom. The lowest BCUT2D eigenvalue weighted by molar-refractivity contribution is -0.897. The van der Waals surface area contributed by atoms with Crippen molar-refractivity contribution in [2.24, 2.45) is 11.1 Å². The number of likely N-dealkylation sites (N-methyl/N-ethyl adjacent to an activating group) is 1. The molecule has 0 aromatic heterocycles. The average molecular weight is 327 g/mol. The number of carbonyl (C=O) groups is 1. The molecule has 23 heavy (non-hydrogen) atoms. The minimum atomic E-state index is -0.943. The predicted octanol–water partition coefficient (Wildman–Crippen LogP) is 2.45. The number of nitrogens with two attached hydrogens (primary N) is 1. The largest absolute Gasteiger partial charge is 0.544 e. The third-order valence-corrected chi connectivity index (χ3v) is 5.73. The Bertz CT molecular complexity index is 349. The molecule has 2 unspecified atom stereocenters. The number of carbonyl (C=O) groups excluding carboxylic acids is 1. The van der Waals surface area contributed by atoms with E-state index in [9.17, 15) is 9.90 Å². The van der Waals surface area contributed by atoms with Gasteiger partial charge in [-0.2, -0.15) is 0 Å². The molecule has 4 nitrogen and oxygen atoms in total. The summed E-state index contributed by atoms with van der Waals surface area (Å²) in [5.74, 6) is -0.943. The fourth-order valence-electron chi connectivity index (χ4n) is 4.57. The predicted molar refractivity (Wildman–Crippen MR) is 93.7 cm³/mol. The molecule has 0 aromatic rings. The van der Waals surface area contributed by atoms with Gasteiger partial charge in [-0.05, 0) is 19.8 Å². The molecule has 0 aromatic carbocycles. The van der Waals surface area contributed by atoms with E-state index in [4.69, 9.17) is 5.73 Å². The first-order valence-corrected chi connectivity index (χ1v) is 9.49. The highest BCUT2D eigenvalue weighted by Crippen LogP contribution is 2.41. The molecule has 1 aliphatic rings. The molecule has 0 amide bonds. The molecule has 0 spiro atoms. The summed E-state index contributed by atoms with van der Waals surface area (Å²) < 4.78 is 0.379. The van der Waals surface area contributed by atoms with E-state index in [-0.39, 0.29) is 11.5 Å². The van der Waals surface area contributed by atoms with Crippen molar-refractivity contribution < 1.29 is 14.4 Å². The van der Waals surface area contributed by atoms with Crippen LogP contribution < -0.4 is 10.8 Å². The lowest BCUT2D eigenvalue weighted by atomic mass is 9.66. The number of rotatable bonds is 4. The Hall–Kier alpha value is -0.610. The Kier molecular flexibility index (Phi) is 8.02. The molecule has 0 bridgehead atoms. The van der Waals surface area contributed by atoms with E-state index in [1.54, 1.807) is 0 Å². The Morgan fingerprint density at radius 3 is 1.52 bits per heavy atom. The Labute approximate surface area is 143 Å². The second-order valence-electron chi connectivity index (χ2n) is 8.54. The summed E-state index contributed by atoms with van der Waals surface area (Å²) in [7, 11) is 5.88. The quantitative estimate of drug-likeness (QED) is 0.807. The van der Waals surface area contributed by atoms with Gasteiger partial charge in [0.2, 0.25) is 0 Å². The maximum atomic E-state index is 12.0. The fraction of sp³-hybridized carbons (Fsp3) is 0.947. The smallest absolute Gasteiger partial charge is 0.136 e. The summed E-state index contributed by atoms with van der Waals surface area (Å²) in [6, 6.07) is -0.684. The van der Waals surface area contributed by atoms with Gasteiger partial charge in [0.05, 0.1) is 27.1 Å². The van der Waals surface area contributed by atoms with Crippen LogP contribution in [0.2, 0.25) is 0 Å². The maximum absolute atomic E-state index is 12.0. The summed E-state index contributed by atoms with van der Waals surface area (Å²) in [5, 5.41) is 12.0. The molecule has 0 radical (unpaired) electrons. The molecule has 1 rings (SSSR count). The van der Waals surface area contributed by atoms with Crippen molar-refractivity contribution in [2.75, 3.05) is 21.1 Å². The van der Waals surface area contributed by atoms with Gasteiger partial charge in [-0.1, -0.05) is 57.8 Å².